The van der Waals surface area contributed by atoms with Crippen molar-refractivity contribution in [2.24, 2.45) is 0 Å². The number of nitrogens with zero attached hydrogens (tertiary/aromatic N) is 1. The third-order valence-electron chi connectivity index (χ3n) is 3.88. The zero-order valence-electron chi connectivity index (χ0n) is 14.8. The summed E-state index contributed by atoms with van der Waals surface area (Å²) in [5.74, 6) is -1.40. The lowest BCUT2D eigenvalue weighted by Crippen LogP contribution is -2.38. The van der Waals surface area contributed by atoms with Crippen LogP contribution in [0.15, 0.2) is 54.6 Å². The molecular weight excluding hydrogens is 332 g/mol. The summed E-state index contributed by atoms with van der Waals surface area (Å²) in [4.78, 5) is 37.0. The van der Waals surface area contributed by atoms with Crippen LogP contribution in [0, 0.1) is 0 Å². The predicted octanol–water partition coefficient (Wildman–Crippen LogP) is 3.26. The number of carboxylic acids is 1. The Bertz CT molecular complexity index is 770. The molecule has 0 aliphatic carbocycles. The Hall–Kier alpha value is -3.15. The lowest BCUT2D eigenvalue weighted by atomic mass is 10.1. The fourth-order valence-electron chi connectivity index (χ4n) is 2.47. The lowest BCUT2D eigenvalue weighted by molar-refractivity contribution is -0.137. The molecule has 136 valence electrons. The summed E-state index contributed by atoms with van der Waals surface area (Å²) in [6.45, 7) is 3.83. The molecule has 0 heterocycles. The summed E-state index contributed by atoms with van der Waals surface area (Å²) in [6, 6.07) is 15.3. The number of amides is 2. The van der Waals surface area contributed by atoms with Gasteiger partial charge in [0.05, 0.1) is 6.42 Å². The number of carbonyl (C=O) groups is 3. The molecule has 2 rings (SSSR count). The molecule has 0 radical (unpaired) electrons. The second-order valence-electron chi connectivity index (χ2n) is 6.13. The summed E-state index contributed by atoms with van der Waals surface area (Å²) < 4.78 is 0. The second kappa shape index (κ2) is 8.80. The van der Waals surface area contributed by atoms with E-state index in [0.29, 0.717) is 16.8 Å². The fourth-order valence-corrected chi connectivity index (χ4v) is 2.47. The van der Waals surface area contributed by atoms with Crippen LogP contribution in [0.5, 0.6) is 0 Å². The van der Waals surface area contributed by atoms with Crippen molar-refractivity contribution in [3.8, 4) is 0 Å². The lowest BCUT2D eigenvalue weighted by Gasteiger charge is -2.26. The van der Waals surface area contributed by atoms with Crippen molar-refractivity contribution in [1.29, 1.82) is 0 Å². The maximum atomic E-state index is 12.6. The van der Waals surface area contributed by atoms with Gasteiger partial charge in [0.25, 0.3) is 11.8 Å². The van der Waals surface area contributed by atoms with Gasteiger partial charge in [0.2, 0.25) is 0 Å². The van der Waals surface area contributed by atoms with Crippen molar-refractivity contribution in [1.82, 2.24) is 4.90 Å². The Kier molecular flexibility index (Phi) is 6.49. The van der Waals surface area contributed by atoms with E-state index < -0.39 is 5.97 Å². The van der Waals surface area contributed by atoms with E-state index >= 15 is 0 Å². The van der Waals surface area contributed by atoms with Gasteiger partial charge in [0, 0.05) is 29.4 Å². The number of nitrogens with one attached hydrogen (secondary N) is 1. The number of rotatable bonds is 7. The van der Waals surface area contributed by atoms with Crippen LogP contribution in [0.4, 0.5) is 5.69 Å². The molecule has 6 nitrogen and oxygen atoms in total. The third-order valence-corrected chi connectivity index (χ3v) is 3.88. The smallest absolute Gasteiger partial charge is 0.305 e. The van der Waals surface area contributed by atoms with Gasteiger partial charge in [0.1, 0.15) is 0 Å². The molecule has 6 heteroatoms. The molecule has 0 aliphatic heterocycles. The molecule has 0 unspecified atom stereocenters. The second-order valence-corrected chi connectivity index (χ2v) is 6.13. The monoisotopic (exact) mass is 354 g/mol. The Morgan fingerprint density at radius 2 is 1.58 bits per heavy atom. The zero-order chi connectivity index (χ0) is 19.1. The van der Waals surface area contributed by atoms with Gasteiger partial charge in [-0.15, -0.1) is 0 Å². The highest BCUT2D eigenvalue weighted by molar-refractivity contribution is 6.04. The molecule has 2 aromatic rings. The normalized spacial score (nSPS) is 10.4. The highest BCUT2D eigenvalue weighted by Crippen LogP contribution is 2.15. The summed E-state index contributed by atoms with van der Waals surface area (Å²) >= 11 is 0. The molecule has 0 saturated carbocycles. The third kappa shape index (κ3) is 5.17. The van der Waals surface area contributed by atoms with Crippen molar-refractivity contribution in [3.63, 3.8) is 0 Å². The molecule has 2 aromatic carbocycles. The molecule has 0 spiro atoms. The number of hydrogen-bond donors (Lipinski definition) is 2. The molecule has 0 aliphatic rings. The van der Waals surface area contributed by atoms with E-state index in [1.165, 1.54) is 4.90 Å². The van der Waals surface area contributed by atoms with E-state index in [1.807, 2.05) is 19.9 Å². The predicted molar refractivity (Wildman–Crippen MR) is 99.3 cm³/mol. The quantitative estimate of drug-likeness (QED) is 0.799. The van der Waals surface area contributed by atoms with E-state index in [0.717, 1.165) is 0 Å². The van der Waals surface area contributed by atoms with Crippen LogP contribution < -0.4 is 5.32 Å². The van der Waals surface area contributed by atoms with Gasteiger partial charge >= 0.3 is 5.97 Å². The van der Waals surface area contributed by atoms with Crippen molar-refractivity contribution >= 4 is 23.5 Å². The number of anilines is 1. The topological polar surface area (TPSA) is 86.7 Å². The average Bonchev–Trinajstić information content (AvgIpc) is 2.62. The van der Waals surface area contributed by atoms with Crippen molar-refractivity contribution in [2.75, 3.05) is 11.9 Å². The van der Waals surface area contributed by atoms with Gasteiger partial charge in [-0.05, 0) is 50.2 Å². The van der Waals surface area contributed by atoms with Crippen LogP contribution in [-0.4, -0.2) is 40.4 Å². The zero-order valence-corrected chi connectivity index (χ0v) is 14.8. The van der Waals surface area contributed by atoms with Crippen molar-refractivity contribution in [3.05, 3.63) is 65.7 Å². The number of benzene rings is 2. The van der Waals surface area contributed by atoms with E-state index in [9.17, 15) is 14.4 Å². The molecule has 0 fully saturated rings. The number of carboxylic acid groups (broad SMARTS) is 1. The summed E-state index contributed by atoms with van der Waals surface area (Å²) in [5, 5.41) is 11.6. The van der Waals surface area contributed by atoms with Gasteiger partial charge in [-0.25, -0.2) is 0 Å². The first kappa shape index (κ1) is 19.2. The number of carbonyl (C=O) groups excluding carboxylic acids is 2. The number of hydrogen-bond acceptors (Lipinski definition) is 3. The Morgan fingerprint density at radius 1 is 0.962 bits per heavy atom. The minimum atomic E-state index is -0.942. The molecule has 0 saturated heterocycles. The van der Waals surface area contributed by atoms with Crippen molar-refractivity contribution < 1.29 is 19.5 Å². The van der Waals surface area contributed by atoms with Crippen LogP contribution in [0.3, 0.4) is 0 Å². The highest BCUT2D eigenvalue weighted by Gasteiger charge is 2.19. The molecule has 2 N–H and O–H groups in total. The molecule has 0 bridgehead atoms. The largest absolute Gasteiger partial charge is 0.481 e. The summed E-state index contributed by atoms with van der Waals surface area (Å²) in [6.07, 6.45) is -0.102. The SMILES string of the molecule is CC(C)N(CCC(=O)O)C(=O)c1ccc(NC(=O)c2ccccc2)cc1. The Labute approximate surface area is 152 Å². The molecule has 2 amide bonds. The standard InChI is InChI=1S/C20H22N2O4/c1-14(2)22(13-12-18(23)24)20(26)16-8-10-17(11-9-16)21-19(25)15-6-4-3-5-7-15/h3-11,14H,12-13H2,1-2H3,(H,21,25)(H,23,24). The van der Waals surface area contributed by atoms with E-state index in [4.69, 9.17) is 5.11 Å². The first-order valence-corrected chi connectivity index (χ1v) is 8.37. The van der Waals surface area contributed by atoms with E-state index in [-0.39, 0.29) is 30.8 Å². The van der Waals surface area contributed by atoms with Crippen LogP contribution in [0.25, 0.3) is 0 Å². The Balaban J connectivity index is 2.06. The Morgan fingerprint density at radius 3 is 2.12 bits per heavy atom. The highest BCUT2D eigenvalue weighted by atomic mass is 16.4. The summed E-state index contributed by atoms with van der Waals surface area (Å²) in [5.41, 5.74) is 1.58. The van der Waals surface area contributed by atoms with Gasteiger partial charge in [0.15, 0.2) is 0 Å². The minimum Gasteiger partial charge on any atom is -0.481 e. The first-order valence-electron chi connectivity index (χ1n) is 8.37. The fraction of sp³-hybridized carbons (Fsp3) is 0.250. The minimum absolute atomic E-state index is 0.102. The van der Waals surface area contributed by atoms with Crippen molar-refractivity contribution in [2.45, 2.75) is 26.3 Å². The van der Waals surface area contributed by atoms with E-state index in [2.05, 4.69) is 5.32 Å². The van der Waals surface area contributed by atoms with Gasteiger partial charge < -0.3 is 15.3 Å². The molecule has 26 heavy (non-hydrogen) atoms. The molecule has 0 aromatic heterocycles. The molecule has 0 atom stereocenters. The van der Waals surface area contributed by atoms with Gasteiger partial charge in [-0.2, -0.15) is 0 Å². The maximum Gasteiger partial charge on any atom is 0.305 e. The van der Waals surface area contributed by atoms with Crippen LogP contribution in [-0.2, 0) is 4.79 Å². The maximum absolute atomic E-state index is 12.6. The molecular formula is C20H22N2O4. The van der Waals surface area contributed by atoms with Crippen LogP contribution in [0.1, 0.15) is 41.0 Å². The van der Waals surface area contributed by atoms with E-state index in [1.54, 1.807) is 48.5 Å². The first-order chi connectivity index (χ1) is 12.4. The van der Waals surface area contributed by atoms with Gasteiger partial charge in [-0.1, -0.05) is 18.2 Å². The van der Waals surface area contributed by atoms with Crippen LogP contribution in [0.2, 0.25) is 0 Å². The van der Waals surface area contributed by atoms with Gasteiger partial charge in [-0.3, -0.25) is 14.4 Å². The van der Waals surface area contributed by atoms with Crippen LogP contribution >= 0.6 is 0 Å². The number of aliphatic carboxylic acids is 1. The summed E-state index contributed by atoms with van der Waals surface area (Å²) in [7, 11) is 0. The average molecular weight is 354 g/mol.